The Morgan fingerprint density at radius 2 is 1.85 bits per heavy atom. The minimum Gasteiger partial charge on any atom is -0.354 e. The van der Waals surface area contributed by atoms with Crippen molar-refractivity contribution in [1.29, 1.82) is 0 Å². The van der Waals surface area contributed by atoms with E-state index in [2.05, 4.69) is 15.7 Å². The largest absolute Gasteiger partial charge is 0.354 e. The van der Waals surface area contributed by atoms with Gasteiger partial charge in [-0.2, -0.15) is 5.10 Å². The molecule has 0 saturated heterocycles. The molecule has 2 aromatic carbocycles. The van der Waals surface area contributed by atoms with Gasteiger partial charge in [-0.15, -0.1) is 0 Å². The van der Waals surface area contributed by atoms with E-state index in [-0.39, 0.29) is 16.8 Å². The normalized spacial score (nSPS) is 10.5. The van der Waals surface area contributed by atoms with Crippen molar-refractivity contribution in [1.82, 2.24) is 15.1 Å². The number of halogens is 1. The van der Waals surface area contributed by atoms with Crippen molar-refractivity contribution < 1.29 is 14.0 Å². The van der Waals surface area contributed by atoms with Crippen molar-refractivity contribution in [3.8, 4) is 0 Å². The Bertz CT molecular complexity index is 1060. The first-order valence-electron chi connectivity index (χ1n) is 7.77. The Morgan fingerprint density at radius 1 is 1.12 bits per heavy atom. The number of carbonyl (C=O) groups is 2. The van der Waals surface area contributed by atoms with Gasteiger partial charge in [0.25, 0.3) is 11.5 Å². The number of hydrogen-bond donors (Lipinski definition) is 2. The Hall–Kier alpha value is -3.55. The number of aromatic nitrogens is 2. The smallest absolute Gasteiger partial charge is 0.275 e. The van der Waals surface area contributed by atoms with Gasteiger partial charge in [0.15, 0.2) is 5.69 Å². The molecule has 0 atom stereocenters. The van der Waals surface area contributed by atoms with Crippen LogP contribution in [0.4, 0.5) is 10.1 Å². The van der Waals surface area contributed by atoms with Gasteiger partial charge in [-0.05, 0) is 24.3 Å². The molecule has 0 radical (unpaired) electrons. The van der Waals surface area contributed by atoms with Crippen molar-refractivity contribution in [3.05, 3.63) is 70.4 Å². The molecular formula is C18H15FN4O3. The van der Waals surface area contributed by atoms with E-state index in [4.69, 9.17) is 0 Å². The molecule has 3 rings (SSSR count). The fourth-order valence-electron chi connectivity index (χ4n) is 2.53. The molecule has 0 aliphatic rings. The molecule has 8 heteroatoms. The van der Waals surface area contributed by atoms with Gasteiger partial charge in [0.2, 0.25) is 5.91 Å². The van der Waals surface area contributed by atoms with E-state index in [9.17, 15) is 18.8 Å². The fraction of sp³-hybridized carbons (Fsp3) is 0.111. The van der Waals surface area contributed by atoms with Crippen LogP contribution in [-0.2, 0) is 11.3 Å². The summed E-state index contributed by atoms with van der Waals surface area (Å²) in [4.78, 5) is 36.8. The van der Waals surface area contributed by atoms with Crippen LogP contribution in [0.25, 0.3) is 10.8 Å². The van der Waals surface area contributed by atoms with Crippen molar-refractivity contribution in [2.45, 2.75) is 6.54 Å². The molecule has 26 heavy (non-hydrogen) atoms. The van der Waals surface area contributed by atoms with Crippen LogP contribution in [-0.4, -0.2) is 28.6 Å². The summed E-state index contributed by atoms with van der Waals surface area (Å²) in [6.07, 6.45) is 0. The zero-order chi connectivity index (χ0) is 18.7. The lowest BCUT2D eigenvalue weighted by molar-refractivity contribution is -0.117. The van der Waals surface area contributed by atoms with Crippen molar-refractivity contribution in [2.24, 2.45) is 0 Å². The first kappa shape index (κ1) is 17.3. The molecule has 0 unspecified atom stereocenters. The van der Waals surface area contributed by atoms with Crippen LogP contribution in [0.1, 0.15) is 10.5 Å². The molecule has 0 aliphatic heterocycles. The first-order chi connectivity index (χ1) is 12.5. The number of fused-ring (bicyclic) bond motifs is 1. The van der Waals surface area contributed by atoms with E-state index in [1.165, 1.54) is 25.2 Å². The predicted molar refractivity (Wildman–Crippen MR) is 94.4 cm³/mol. The zero-order valence-corrected chi connectivity index (χ0v) is 13.8. The van der Waals surface area contributed by atoms with Gasteiger partial charge in [-0.25, -0.2) is 9.07 Å². The molecule has 2 amide bonds. The van der Waals surface area contributed by atoms with E-state index in [1.54, 1.807) is 24.3 Å². The summed E-state index contributed by atoms with van der Waals surface area (Å²) in [7, 11) is 1.45. The molecule has 0 saturated carbocycles. The number of carbonyl (C=O) groups excluding carboxylic acids is 2. The summed E-state index contributed by atoms with van der Waals surface area (Å²) in [5.41, 5.74) is -0.195. The molecule has 2 N–H and O–H groups in total. The fourth-order valence-corrected chi connectivity index (χ4v) is 2.53. The molecule has 1 heterocycles. The second-order valence-corrected chi connectivity index (χ2v) is 5.49. The summed E-state index contributed by atoms with van der Waals surface area (Å²) in [5, 5.41) is 9.66. The lowest BCUT2D eigenvalue weighted by Crippen LogP contribution is -2.33. The first-order valence-corrected chi connectivity index (χ1v) is 7.77. The van der Waals surface area contributed by atoms with Gasteiger partial charge in [-0.1, -0.05) is 24.3 Å². The van der Waals surface area contributed by atoms with E-state index in [0.29, 0.717) is 5.39 Å². The van der Waals surface area contributed by atoms with Crippen LogP contribution in [0.15, 0.2) is 53.3 Å². The maximum Gasteiger partial charge on any atom is 0.275 e. The van der Waals surface area contributed by atoms with Gasteiger partial charge >= 0.3 is 0 Å². The Kier molecular flexibility index (Phi) is 4.74. The molecule has 0 aliphatic carbocycles. The second kappa shape index (κ2) is 7.14. The average molecular weight is 354 g/mol. The number of benzene rings is 2. The average Bonchev–Trinajstić information content (AvgIpc) is 2.63. The second-order valence-electron chi connectivity index (χ2n) is 5.49. The lowest BCUT2D eigenvalue weighted by Gasteiger charge is -2.10. The number of hydrogen-bond acceptors (Lipinski definition) is 4. The van der Waals surface area contributed by atoms with Gasteiger partial charge in [-0.3, -0.25) is 14.4 Å². The van der Waals surface area contributed by atoms with Gasteiger partial charge in [0, 0.05) is 18.1 Å². The van der Waals surface area contributed by atoms with Crippen LogP contribution in [0.2, 0.25) is 0 Å². The lowest BCUT2D eigenvalue weighted by atomic mass is 10.1. The Morgan fingerprint density at radius 3 is 2.54 bits per heavy atom. The van der Waals surface area contributed by atoms with Gasteiger partial charge < -0.3 is 10.6 Å². The standard InChI is InChI=1S/C18H15FN4O3/c1-20-17(25)16-13-7-2-3-8-14(13)18(26)23(22-16)10-15(24)21-12-6-4-5-11(19)9-12/h2-9H,10H2,1H3,(H,20,25)(H,21,24). The molecule has 0 bridgehead atoms. The summed E-state index contributed by atoms with van der Waals surface area (Å²) < 4.78 is 14.1. The van der Waals surface area contributed by atoms with Crippen LogP contribution in [0.5, 0.6) is 0 Å². The molecule has 132 valence electrons. The molecule has 3 aromatic rings. The summed E-state index contributed by atoms with van der Waals surface area (Å²) in [6.45, 7) is -0.413. The SMILES string of the molecule is CNC(=O)c1nn(CC(=O)Nc2cccc(F)c2)c(=O)c2ccccc12. The number of amides is 2. The van der Waals surface area contributed by atoms with Crippen molar-refractivity contribution in [3.63, 3.8) is 0 Å². The molecule has 0 fully saturated rings. The highest BCUT2D eigenvalue weighted by Gasteiger charge is 2.17. The van der Waals surface area contributed by atoms with Crippen LogP contribution < -0.4 is 16.2 Å². The molecule has 0 spiro atoms. The number of nitrogens with zero attached hydrogens (tertiary/aromatic N) is 2. The van der Waals surface area contributed by atoms with Crippen LogP contribution in [0, 0.1) is 5.82 Å². The third-order valence-corrected chi connectivity index (χ3v) is 3.71. The van der Waals surface area contributed by atoms with Gasteiger partial charge in [0.05, 0.1) is 5.39 Å². The zero-order valence-electron chi connectivity index (χ0n) is 13.8. The highest BCUT2D eigenvalue weighted by atomic mass is 19.1. The Balaban J connectivity index is 1.97. The molecule has 1 aromatic heterocycles. The van der Waals surface area contributed by atoms with Crippen molar-refractivity contribution >= 4 is 28.3 Å². The summed E-state index contributed by atoms with van der Waals surface area (Å²) >= 11 is 0. The third-order valence-electron chi connectivity index (χ3n) is 3.71. The highest BCUT2D eigenvalue weighted by Crippen LogP contribution is 2.13. The number of rotatable bonds is 4. The highest BCUT2D eigenvalue weighted by molar-refractivity contribution is 6.04. The Labute approximate surface area is 147 Å². The number of nitrogens with one attached hydrogen (secondary N) is 2. The summed E-state index contributed by atoms with van der Waals surface area (Å²) in [6, 6.07) is 11.9. The monoisotopic (exact) mass is 354 g/mol. The summed E-state index contributed by atoms with van der Waals surface area (Å²) in [5.74, 6) is -1.53. The number of anilines is 1. The van der Waals surface area contributed by atoms with Crippen LogP contribution in [0.3, 0.4) is 0 Å². The third kappa shape index (κ3) is 3.44. The minimum atomic E-state index is -0.566. The maximum atomic E-state index is 13.2. The van der Waals surface area contributed by atoms with Gasteiger partial charge in [0.1, 0.15) is 12.4 Å². The minimum absolute atomic E-state index is 0.0428. The maximum absolute atomic E-state index is 13.2. The predicted octanol–water partition coefficient (Wildman–Crippen LogP) is 1.53. The topological polar surface area (TPSA) is 93.1 Å². The van der Waals surface area contributed by atoms with E-state index < -0.39 is 29.7 Å². The molecule has 7 nitrogen and oxygen atoms in total. The van der Waals surface area contributed by atoms with E-state index in [1.807, 2.05) is 0 Å². The molecular weight excluding hydrogens is 339 g/mol. The quantitative estimate of drug-likeness (QED) is 0.743. The van der Waals surface area contributed by atoms with E-state index in [0.717, 1.165) is 10.7 Å². The van der Waals surface area contributed by atoms with Crippen molar-refractivity contribution in [2.75, 3.05) is 12.4 Å². The van der Waals surface area contributed by atoms with Crippen LogP contribution >= 0.6 is 0 Å². The van der Waals surface area contributed by atoms with E-state index >= 15 is 0 Å².